The normalized spacial score (nSPS) is 14.4. The highest BCUT2D eigenvalue weighted by Crippen LogP contribution is 2.08. The van der Waals surface area contributed by atoms with Crippen LogP contribution < -0.4 is 0 Å². The number of likely N-dealkylation sites (tertiary alicyclic amines) is 1. The quantitative estimate of drug-likeness (QED) is 0.567. The molecule has 0 unspecified atom stereocenters. The molecular weight excluding hydrogens is 214 g/mol. The van der Waals surface area contributed by atoms with E-state index in [1.165, 1.54) is 0 Å². The maximum Gasteiger partial charge on any atom is 0.223 e. The van der Waals surface area contributed by atoms with Crippen LogP contribution in [-0.4, -0.2) is 30.2 Å². The lowest BCUT2D eigenvalue weighted by atomic mass is 10.1. The van der Waals surface area contributed by atoms with Crippen molar-refractivity contribution < 1.29 is 9.59 Å². The molecule has 1 heterocycles. The van der Waals surface area contributed by atoms with Crippen LogP contribution >= 0.6 is 0 Å². The van der Waals surface area contributed by atoms with Gasteiger partial charge in [-0.2, -0.15) is 0 Å². The van der Waals surface area contributed by atoms with E-state index in [1.807, 2.05) is 6.07 Å². The van der Waals surface area contributed by atoms with E-state index in [9.17, 15) is 9.59 Å². The summed E-state index contributed by atoms with van der Waals surface area (Å²) in [7, 11) is 0. The minimum Gasteiger partial charge on any atom is -0.332 e. The van der Waals surface area contributed by atoms with E-state index >= 15 is 0 Å². The van der Waals surface area contributed by atoms with Gasteiger partial charge in [0, 0.05) is 24.1 Å². The molecule has 0 radical (unpaired) electrons. The number of carbonyl (C=O) groups is 2. The van der Waals surface area contributed by atoms with Gasteiger partial charge in [-0.3, -0.25) is 9.59 Å². The molecule has 3 nitrogen and oxygen atoms in total. The first kappa shape index (κ1) is 11.4. The highest BCUT2D eigenvalue weighted by Gasteiger charge is 2.18. The summed E-state index contributed by atoms with van der Waals surface area (Å²) >= 11 is 0. The minimum atomic E-state index is 0.181. The molecular formula is C14H13NO2. The second-order valence-corrected chi connectivity index (χ2v) is 3.96. The lowest BCUT2D eigenvalue weighted by Gasteiger charge is -2.09. The van der Waals surface area contributed by atoms with E-state index in [0.29, 0.717) is 18.5 Å². The molecule has 0 N–H and O–H groups in total. The number of hydrogen-bond donors (Lipinski definition) is 0. The lowest BCUT2D eigenvalue weighted by Crippen LogP contribution is -2.24. The van der Waals surface area contributed by atoms with Gasteiger partial charge in [-0.15, -0.1) is 0 Å². The van der Waals surface area contributed by atoms with Gasteiger partial charge in [-0.25, -0.2) is 0 Å². The van der Waals surface area contributed by atoms with Crippen molar-refractivity contribution in [2.75, 3.05) is 13.1 Å². The van der Waals surface area contributed by atoms with Crippen LogP contribution in [0.5, 0.6) is 0 Å². The summed E-state index contributed by atoms with van der Waals surface area (Å²) in [6, 6.07) is 7.13. The molecule has 0 saturated carbocycles. The van der Waals surface area contributed by atoms with Crippen molar-refractivity contribution in [2.24, 2.45) is 0 Å². The van der Waals surface area contributed by atoms with Gasteiger partial charge in [0.15, 0.2) is 0 Å². The van der Waals surface area contributed by atoms with Gasteiger partial charge in [0.1, 0.15) is 6.29 Å². The van der Waals surface area contributed by atoms with Crippen LogP contribution in [0.3, 0.4) is 0 Å². The number of hydrogen-bond acceptors (Lipinski definition) is 2. The molecule has 86 valence electrons. The maximum absolute atomic E-state index is 11.3. The Balaban J connectivity index is 2.00. The van der Waals surface area contributed by atoms with Crippen LogP contribution in [0.15, 0.2) is 24.3 Å². The maximum atomic E-state index is 11.3. The smallest absolute Gasteiger partial charge is 0.223 e. The largest absolute Gasteiger partial charge is 0.332 e. The van der Waals surface area contributed by atoms with E-state index in [-0.39, 0.29) is 5.91 Å². The van der Waals surface area contributed by atoms with Crippen molar-refractivity contribution in [3.05, 3.63) is 35.4 Å². The predicted molar refractivity (Wildman–Crippen MR) is 64.5 cm³/mol. The second kappa shape index (κ2) is 5.31. The third-order valence-corrected chi connectivity index (χ3v) is 2.70. The van der Waals surface area contributed by atoms with Crippen LogP contribution in [0.25, 0.3) is 0 Å². The van der Waals surface area contributed by atoms with Crippen LogP contribution in [0.1, 0.15) is 28.8 Å². The van der Waals surface area contributed by atoms with Crippen LogP contribution in [-0.2, 0) is 4.79 Å². The number of carbonyl (C=O) groups excluding carboxylic acids is 2. The molecule has 0 spiro atoms. The lowest BCUT2D eigenvalue weighted by molar-refractivity contribution is -0.127. The van der Waals surface area contributed by atoms with Crippen LogP contribution in [0.4, 0.5) is 0 Å². The third-order valence-electron chi connectivity index (χ3n) is 2.70. The molecule has 3 heteroatoms. The van der Waals surface area contributed by atoms with Gasteiger partial charge in [0.2, 0.25) is 5.91 Å². The first-order valence-electron chi connectivity index (χ1n) is 5.61. The molecule has 1 amide bonds. The van der Waals surface area contributed by atoms with Crippen molar-refractivity contribution in [3.8, 4) is 11.8 Å². The Labute approximate surface area is 100 Å². The molecule has 0 aliphatic carbocycles. The number of benzene rings is 1. The first-order chi connectivity index (χ1) is 8.29. The Morgan fingerprint density at radius 3 is 3.00 bits per heavy atom. The highest BCUT2D eigenvalue weighted by molar-refractivity contribution is 5.78. The summed E-state index contributed by atoms with van der Waals surface area (Å²) < 4.78 is 0. The van der Waals surface area contributed by atoms with E-state index in [0.717, 1.165) is 24.8 Å². The Kier molecular flexibility index (Phi) is 3.56. The Morgan fingerprint density at radius 1 is 1.41 bits per heavy atom. The van der Waals surface area contributed by atoms with Crippen molar-refractivity contribution in [2.45, 2.75) is 12.8 Å². The molecule has 2 rings (SSSR count). The van der Waals surface area contributed by atoms with Crippen molar-refractivity contribution in [1.29, 1.82) is 0 Å². The Morgan fingerprint density at radius 2 is 2.29 bits per heavy atom. The van der Waals surface area contributed by atoms with Crippen molar-refractivity contribution in [1.82, 2.24) is 4.90 Å². The van der Waals surface area contributed by atoms with Gasteiger partial charge in [-0.1, -0.05) is 24.0 Å². The van der Waals surface area contributed by atoms with Gasteiger partial charge >= 0.3 is 0 Å². The highest BCUT2D eigenvalue weighted by atomic mass is 16.2. The third kappa shape index (κ3) is 2.94. The van der Waals surface area contributed by atoms with Crippen molar-refractivity contribution >= 4 is 12.2 Å². The molecule has 17 heavy (non-hydrogen) atoms. The molecule has 0 bridgehead atoms. The zero-order valence-electron chi connectivity index (χ0n) is 9.48. The summed E-state index contributed by atoms with van der Waals surface area (Å²) in [5.41, 5.74) is 1.43. The fourth-order valence-corrected chi connectivity index (χ4v) is 1.80. The van der Waals surface area contributed by atoms with Gasteiger partial charge in [0.05, 0.1) is 6.54 Å². The predicted octanol–water partition coefficient (Wildman–Crippen LogP) is 1.47. The molecule has 1 fully saturated rings. The van der Waals surface area contributed by atoms with Crippen LogP contribution in [0, 0.1) is 11.8 Å². The number of aldehydes is 1. The fraction of sp³-hybridized carbons (Fsp3) is 0.286. The first-order valence-corrected chi connectivity index (χ1v) is 5.61. The number of amides is 1. The summed E-state index contributed by atoms with van der Waals surface area (Å²) in [5.74, 6) is 6.11. The van der Waals surface area contributed by atoms with E-state index in [2.05, 4.69) is 11.8 Å². The monoisotopic (exact) mass is 227 g/mol. The van der Waals surface area contributed by atoms with Gasteiger partial charge in [-0.05, 0) is 18.6 Å². The number of nitrogens with zero attached hydrogens (tertiary/aromatic N) is 1. The second-order valence-electron chi connectivity index (χ2n) is 3.96. The van der Waals surface area contributed by atoms with Crippen molar-refractivity contribution in [3.63, 3.8) is 0 Å². The summed E-state index contributed by atoms with van der Waals surface area (Å²) in [6.45, 7) is 1.28. The molecule has 1 aliphatic rings. The summed E-state index contributed by atoms with van der Waals surface area (Å²) in [6.07, 6.45) is 2.37. The molecule has 1 aromatic carbocycles. The molecule has 1 saturated heterocycles. The minimum absolute atomic E-state index is 0.181. The molecule has 1 aliphatic heterocycles. The standard InChI is InChI=1S/C14H13NO2/c16-11-13-5-1-4-12(10-13)6-2-8-15-9-3-7-14(15)17/h1,4-5,10-11H,3,7-9H2. The summed E-state index contributed by atoms with van der Waals surface area (Å²) in [4.78, 5) is 23.7. The van der Waals surface area contributed by atoms with Crippen LogP contribution in [0.2, 0.25) is 0 Å². The molecule has 0 atom stereocenters. The zero-order chi connectivity index (χ0) is 12.1. The van der Waals surface area contributed by atoms with E-state index in [4.69, 9.17) is 0 Å². The van der Waals surface area contributed by atoms with Gasteiger partial charge < -0.3 is 4.90 Å². The SMILES string of the molecule is O=Cc1cccc(C#CCN2CCCC2=O)c1. The number of rotatable bonds is 2. The Hall–Kier alpha value is -2.08. The van der Waals surface area contributed by atoms with E-state index in [1.54, 1.807) is 23.1 Å². The molecule has 0 aromatic heterocycles. The average Bonchev–Trinajstić information content (AvgIpc) is 2.76. The zero-order valence-corrected chi connectivity index (χ0v) is 9.48. The summed E-state index contributed by atoms with van der Waals surface area (Å²) in [5, 5.41) is 0. The Bertz CT molecular complexity index is 496. The van der Waals surface area contributed by atoms with Gasteiger partial charge in [0.25, 0.3) is 0 Å². The van der Waals surface area contributed by atoms with E-state index < -0.39 is 0 Å². The molecule has 1 aromatic rings. The average molecular weight is 227 g/mol. The topological polar surface area (TPSA) is 37.4 Å². The fourth-order valence-electron chi connectivity index (χ4n) is 1.80.